The Morgan fingerprint density at radius 1 is 1.09 bits per heavy atom. The minimum absolute atomic E-state index is 0.118. The number of hydrogen-bond donors (Lipinski definition) is 0. The van der Waals surface area contributed by atoms with Gasteiger partial charge in [0.1, 0.15) is 0 Å². The molecule has 0 unspecified atom stereocenters. The first-order valence-electron chi connectivity index (χ1n) is 11.1. The molecule has 3 fully saturated rings. The van der Waals surface area contributed by atoms with Gasteiger partial charge in [0.25, 0.3) is 5.91 Å². The normalized spacial score (nSPS) is 27.8. The van der Waals surface area contributed by atoms with Crippen LogP contribution in [0, 0.1) is 10.8 Å². The first-order chi connectivity index (χ1) is 15.0. The molecule has 1 aromatic rings. The zero-order chi connectivity index (χ0) is 23.1. The van der Waals surface area contributed by atoms with Gasteiger partial charge in [0.2, 0.25) is 10.0 Å². The summed E-state index contributed by atoms with van der Waals surface area (Å²) in [6.07, 6.45) is 3.04. The molecular formula is C23H32N2O6S. The van der Waals surface area contributed by atoms with Crippen LogP contribution in [-0.4, -0.2) is 75.0 Å². The van der Waals surface area contributed by atoms with E-state index in [1.54, 1.807) is 0 Å². The van der Waals surface area contributed by atoms with E-state index in [1.165, 1.54) is 28.6 Å². The molecular weight excluding hydrogens is 432 g/mol. The lowest BCUT2D eigenvalue weighted by Crippen LogP contribution is -2.40. The summed E-state index contributed by atoms with van der Waals surface area (Å²) in [5.41, 5.74) is 0.535. The third-order valence-corrected chi connectivity index (χ3v) is 8.67. The number of amides is 1. The molecule has 2 atom stereocenters. The van der Waals surface area contributed by atoms with Crippen molar-refractivity contribution in [3.05, 3.63) is 29.8 Å². The fourth-order valence-electron chi connectivity index (χ4n) is 5.74. The Balaban J connectivity index is 1.35. The van der Waals surface area contributed by atoms with E-state index in [-0.39, 0.29) is 39.8 Å². The first-order valence-corrected chi connectivity index (χ1v) is 12.6. The van der Waals surface area contributed by atoms with Crippen LogP contribution < -0.4 is 0 Å². The molecule has 1 saturated carbocycles. The zero-order valence-electron chi connectivity index (χ0n) is 19.0. The number of fused-ring (bicyclic) bond motifs is 2. The van der Waals surface area contributed by atoms with Gasteiger partial charge in [-0.05, 0) is 54.4 Å². The maximum atomic E-state index is 12.8. The lowest BCUT2D eigenvalue weighted by atomic mass is 9.65. The summed E-state index contributed by atoms with van der Waals surface area (Å²) in [7, 11) is -3.62. The minimum Gasteiger partial charge on any atom is -0.452 e. The molecule has 32 heavy (non-hydrogen) atoms. The Hall–Kier alpha value is -1.97. The van der Waals surface area contributed by atoms with Crippen molar-refractivity contribution in [3.8, 4) is 0 Å². The zero-order valence-corrected chi connectivity index (χ0v) is 19.8. The van der Waals surface area contributed by atoms with E-state index >= 15 is 0 Å². The second-order valence-electron chi connectivity index (χ2n) is 10.4. The van der Waals surface area contributed by atoms with Crippen molar-refractivity contribution in [3.63, 3.8) is 0 Å². The van der Waals surface area contributed by atoms with Gasteiger partial charge in [0, 0.05) is 25.7 Å². The van der Waals surface area contributed by atoms with Gasteiger partial charge in [0.05, 0.1) is 23.7 Å². The maximum Gasteiger partial charge on any atom is 0.338 e. The number of likely N-dealkylation sites (tertiary alicyclic amines) is 1. The predicted molar refractivity (Wildman–Crippen MR) is 118 cm³/mol. The van der Waals surface area contributed by atoms with Gasteiger partial charge < -0.3 is 14.4 Å². The van der Waals surface area contributed by atoms with E-state index in [0.717, 1.165) is 19.3 Å². The van der Waals surface area contributed by atoms with E-state index < -0.39 is 16.0 Å². The number of esters is 1. The molecule has 9 heteroatoms. The molecule has 2 saturated heterocycles. The molecule has 0 N–H and O–H groups in total. The van der Waals surface area contributed by atoms with Crippen LogP contribution in [0.5, 0.6) is 0 Å². The molecule has 1 aromatic carbocycles. The number of carbonyl (C=O) groups is 2. The fraction of sp³-hybridized carbons (Fsp3) is 0.652. The molecule has 176 valence electrons. The van der Waals surface area contributed by atoms with E-state index in [1.807, 2.05) is 4.90 Å². The van der Waals surface area contributed by atoms with Gasteiger partial charge in [0.15, 0.2) is 6.61 Å². The van der Waals surface area contributed by atoms with Crippen LogP contribution in [-0.2, 0) is 24.3 Å². The van der Waals surface area contributed by atoms with E-state index in [9.17, 15) is 18.0 Å². The number of nitrogens with zero attached hydrogens (tertiary/aromatic N) is 2. The maximum absolute atomic E-state index is 12.8. The van der Waals surface area contributed by atoms with Gasteiger partial charge >= 0.3 is 5.97 Å². The van der Waals surface area contributed by atoms with Gasteiger partial charge in [-0.15, -0.1) is 0 Å². The van der Waals surface area contributed by atoms with E-state index in [2.05, 4.69) is 20.8 Å². The third-order valence-electron chi connectivity index (χ3n) is 6.76. The molecule has 0 spiro atoms. The average molecular weight is 465 g/mol. The van der Waals surface area contributed by atoms with Crippen LogP contribution in [0.15, 0.2) is 29.2 Å². The van der Waals surface area contributed by atoms with Crippen LogP contribution in [0.4, 0.5) is 0 Å². The number of sulfonamides is 1. The minimum atomic E-state index is -3.62. The number of ether oxygens (including phenoxy) is 2. The summed E-state index contributed by atoms with van der Waals surface area (Å²) < 4.78 is 37.2. The fourth-order valence-corrected chi connectivity index (χ4v) is 7.15. The van der Waals surface area contributed by atoms with Crippen molar-refractivity contribution in [2.75, 3.05) is 39.5 Å². The number of carbonyl (C=O) groups excluding carboxylic acids is 2. The Morgan fingerprint density at radius 3 is 2.41 bits per heavy atom. The number of morpholine rings is 1. The summed E-state index contributed by atoms with van der Waals surface area (Å²) in [6, 6.07) is 5.84. The molecule has 3 aliphatic rings. The molecule has 8 nitrogen and oxygen atoms in total. The van der Waals surface area contributed by atoms with Crippen molar-refractivity contribution in [2.24, 2.45) is 10.8 Å². The summed E-state index contributed by atoms with van der Waals surface area (Å²) >= 11 is 0. The molecule has 0 radical (unpaired) electrons. The van der Waals surface area contributed by atoms with Crippen LogP contribution in [0.3, 0.4) is 0 Å². The highest BCUT2D eigenvalue weighted by Gasteiger charge is 2.50. The van der Waals surface area contributed by atoms with Gasteiger partial charge in [-0.3, -0.25) is 4.79 Å². The molecule has 0 aromatic heterocycles. The molecule has 2 bridgehead atoms. The third kappa shape index (κ3) is 4.70. The van der Waals surface area contributed by atoms with Crippen molar-refractivity contribution in [1.82, 2.24) is 9.21 Å². The largest absolute Gasteiger partial charge is 0.452 e. The standard InChI is InChI=1S/C23H32N2O6S/c1-22(2)12-18-13-23(3,15-22)16-25(18)20(26)14-31-21(27)17-4-6-19(7-5-17)32(28,29)24-8-10-30-11-9-24/h4-7,18H,8-16H2,1-3H3/t18-,23-/m1/s1. The van der Waals surface area contributed by atoms with E-state index in [0.29, 0.717) is 32.8 Å². The van der Waals surface area contributed by atoms with Gasteiger partial charge in [-0.1, -0.05) is 20.8 Å². The number of hydrogen-bond acceptors (Lipinski definition) is 6. The van der Waals surface area contributed by atoms with Gasteiger partial charge in [-0.25, -0.2) is 13.2 Å². The smallest absolute Gasteiger partial charge is 0.338 e. The highest BCUT2D eigenvalue weighted by molar-refractivity contribution is 7.89. The first kappa shape index (κ1) is 23.2. The SMILES string of the molecule is CC1(C)C[C@@H]2C[C@@](C)(CN2C(=O)COC(=O)c2ccc(S(=O)(=O)N3CCOCC3)cc2)C1. The van der Waals surface area contributed by atoms with Crippen molar-refractivity contribution in [2.45, 2.75) is 51.0 Å². The lowest BCUT2D eigenvalue weighted by molar-refractivity contribution is -0.135. The molecule has 1 aliphatic carbocycles. The number of benzene rings is 1. The van der Waals surface area contributed by atoms with Crippen molar-refractivity contribution in [1.29, 1.82) is 0 Å². The summed E-state index contributed by atoms with van der Waals surface area (Å²) in [5.74, 6) is -0.807. The molecule has 2 aliphatic heterocycles. The van der Waals surface area contributed by atoms with Gasteiger partial charge in [-0.2, -0.15) is 4.31 Å². The molecule has 2 heterocycles. The highest BCUT2D eigenvalue weighted by atomic mass is 32.2. The number of rotatable bonds is 5. The predicted octanol–water partition coefficient (Wildman–Crippen LogP) is 2.29. The molecule has 4 rings (SSSR count). The van der Waals surface area contributed by atoms with Crippen LogP contribution >= 0.6 is 0 Å². The van der Waals surface area contributed by atoms with Crippen LogP contribution in [0.1, 0.15) is 50.4 Å². The second-order valence-corrected chi connectivity index (χ2v) is 12.3. The second kappa shape index (κ2) is 8.43. The van der Waals surface area contributed by atoms with Crippen LogP contribution in [0.25, 0.3) is 0 Å². The molecule has 1 amide bonds. The highest BCUT2D eigenvalue weighted by Crippen LogP contribution is 2.52. The monoisotopic (exact) mass is 464 g/mol. The Kier molecular flexibility index (Phi) is 6.11. The summed E-state index contributed by atoms with van der Waals surface area (Å²) in [6.45, 7) is 8.46. The lowest BCUT2D eigenvalue weighted by Gasteiger charge is -2.39. The van der Waals surface area contributed by atoms with Crippen LogP contribution in [0.2, 0.25) is 0 Å². The van der Waals surface area contributed by atoms with E-state index in [4.69, 9.17) is 9.47 Å². The Morgan fingerprint density at radius 2 is 1.75 bits per heavy atom. The summed E-state index contributed by atoms with van der Waals surface area (Å²) in [5, 5.41) is 0. The Labute approximate surface area is 189 Å². The van der Waals surface area contributed by atoms with Crippen molar-refractivity contribution < 1.29 is 27.5 Å². The summed E-state index contributed by atoms with van der Waals surface area (Å²) in [4.78, 5) is 27.2. The Bertz CT molecular complexity index is 984. The quantitative estimate of drug-likeness (QED) is 0.621. The topological polar surface area (TPSA) is 93.2 Å². The average Bonchev–Trinajstić information content (AvgIpc) is 3.01. The van der Waals surface area contributed by atoms with Crippen molar-refractivity contribution >= 4 is 21.9 Å².